The molecule has 1 N–H and O–H groups in total. The highest BCUT2D eigenvalue weighted by atomic mass is 35.5. The molecule has 1 aromatic carbocycles. The number of fused-ring (bicyclic) bond motifs is 1. The molecule has 0 saturated heterocycles. The Hall–Kier alpha value is -2.00. The van der Waals surface area contributed by atoms with Crippen molar-refractivity contribution >= 4 is 17.1 Å². The van der Waals surface area contributed by atoms with Crippen LogP contribution in [0.15, 0.2) is 48.8 Å². The molecule has 4 heteroatoms. The van der Waals surface area contributed by atoms with Crippen molar-refractivity contribution in [1.82, 2.24) is 9.38 Å². The summed E-state index contributed by atoms with van der Waals surface area (Å²) in [4.78, 5) is 4.40. The number of aromatic nitrogens is 2. The smallest absolute Gasteiger partial charge is 0.117 e. The van der Waals surface area contributed by atoms with E-state index in [2.05, 4.69) is 4.98 Å². The van der Waals surface area contributed by atoms with Crippen molar-refractivity contribution in [1.29, 1.82) is 0 Å². The minimum absolute atomic E-state index is 0.273. The van der Waals surface area contributed by atoms with E-state index in [1.807, 2.05) is 41.1 Å². The maximum absolute atomic E-state index is 9.25. The fraction of sp³-hybridized carbons (Fsp3) is 0.0714. The van der Waals surface area contributed by atoms with Crippen LogP contribution in [0.2, 0.25) is 5.02 Å². The van der Waals surface area contributed by atoms with E-state index >= 15 is 0 Å². The first kappa shape index (κ1) is 11.1. The summed E-state index contributed by atoms with van der Waals surface area (Å²) >= 11 is 5.99. The number of rotatable bonds is 2. The first-order chi connectivity index (χ1) is 8.72. The molecule has 3 nitrogen and oxygen atoms in total. The Morgan fingerprint density at radius 1 is 1.11 bits per heavy atom. The van der Waals surface area contributed by atoms with Crippen molar-refractivity contribution < 1.29 is 5.11 Å². The van der Waals surface area contributed by atoms with Crippen LogP contribution in [0, 0.1) is 0 Å². The van der Waals surface area contributed by atoms with Gasteiger partial charge in [0.25, 0.3) is 0 Å². The van der Waals surface area contributed by atoms with Crippen molar-refractivity contribution in [3.05, 3.63) is 65.2 Å². The Morgan fingerprint density at radius 3 is 2.67 bits per heavy atom. The maximum Gasteiger partial charge on any atom is 0.117 e. The Morgan fingerprint density at radius 2 is 1.89 bits per heavy atom. The van der Waals surface area contributed by atoms with Gasteiger partial charge in [0.1, 0.15) is 11.6 Å². The summed E-state index contributed by atoms with van der Waals surface area (Å²) in [6.07, 6.45) is 4.39. The van der Waals surface area contributed by atoms with E-state index in [0.29, 0.717) is 11.4 Å². The molecule has 0 aliphatic rings. The van der Waals surface area contributed by atoms with Gasteiger partial charge in [0.2, 0.25) is 0 Å². The highest BCUT2D eigenvalue weighted by Gasteiger charge is 2.05. The molecule has 0 saturated carbocycles. The standard InChI is InChI=1S/C14H11ClN2O/c15-11-3-4-12-8-16-14(17(12)9-11)7-10-1-5-13(18)6-2-10/h1-6,8-9,18H,7H2. The molecular formula is C14H11ClN2O. The number of phenolic OH excluding ortho intramolecular Hbond substituents is 1. The van der Waals surface area contributed by atoms with Crippen LogP contribution < -0.4 is 0 Å². The number of pyridine rings is 1. The Kier molecular flexibility index (Phi) is 2.68. The molecule has 0 aliphatic heterocycles. The van der Waals surface area contributed by atoms with Gasteiger partial charge in [0.15, 0.2) is 0 Å². The quantitative estimate of drug-likeness (QED) is 0.766. The first-order valence-electron chi connectivity index (χ1n) is 5.62. The van der Waals surface area contributed by atoms with E-state index in [4.69, 9.17) is 11.6 Å². The molecule has 18 heavy (non-hydrogen) atoms. The van der Waals surface area contributed by atoms with E-state index in [0.717, 1.165) is 16.9 Å². The van der Waals surface area contributed by atoms with E-state index in [1.165, 1.54) is 0 Å². The Balaban J connectivity index is 1.99. The van der Waals surface area contributed by atoms with Crippen LogP contribution in [0.25, 0.3) is 5.52 Å². The number of hydrogen-bond donors (Lipinski definition) is 1. The number of hydrogen-bond acceptors (Lipinski definition) is 2. The number of benzene rings is 1. The molecule has 0 fully saturated rings. The lowest BCUT2D eigenvalue weighted by Gasteiger charge is -2.02. The predicted molar refractivity (Wildman–Crippen MR) is 71.1 cm³/mol. The number of aromatic hydroxyl groups is 1. The van der Waals surface area contributed by atoms with Gasteiger partial charge in [-0.3, -0.25) is 0 Å². The topological polar surface area (TPSA) is 37.5 Å². The van der Waals surface area contributed by atoms with Crippen molar-refractivity contribution in [3.63, 3.8) is 0 Å². The molecule has 0 spiro atoms. The van der Waals surface area contributed by atoms with Gasteiger partial charge in [-0.1, -0.05) is 23.7 Å². The third-order valence-electron chi connectivity index (χ3n) is 2.87. The Labute approximate surface area is 109 Å². The van der Waals surface area contributed by atoms with Crippen LogP contribution >= 0.6 is 11.6 Å². The molecular weight excluding hydrogens is 248 g/mol. The van der Waals surface area contributed by atoms with E-state index in [-0.39, 0.29) is 5.75 Å². The van der Waals surface area contributed by atoms with Crippen molar-refractivity contribution in [2.24, 2.45) is 0 Å². The van der Waals surface area contributed by atoms with Crippen molar-refractivity contribution in [2.75, 3.05) is 0 Å². The van der Waals surface area contributed by atoms with Gasteiger partial charge in [0, 0.05) is 12.6 Å². The van der Waals surface area contributed by atoms with Crippen LogP contribution in [0.4, 0.5) is 0 Å². The van der Waals surface area contributed by atoms with Crippen LogP contribution in [-0.2, 0) is 6.42 Å². The minimum atomic E-state index is 0.273. The van der Waals surface area contributed by atoms with Crippen molar-refractivity contribution in [2.45, 2.75) is 6.42 Å². The maximum atomic E-state index is 9.25. The van der Waals surface area contributed by atoms with Crippen LogP contribution in [0.5, 0.6) is 5.75 Å². The zero-order valence-electron chi connectivity index (χ0n) is 9.55. The van der Waals surface area contributed by atoms with Gasteiger partial charge in [0.05, 0.1) is 16.7 Å². The zero-order valence-corrected chi connectivity index (χ0v) is 10.3. The van der Waals surface area contributed by atoms with E-state index in [1.54, 1.807) is 12.1 Å². The highest BCUT2D eigenvalue weighted by Crippen LogP contribution is 2.17. The molecule has 3 aromatic rings. The fourth-order valence-electron chi connectivity index (χ4n) is 1.94. The van der Waals surface area contributed by atoms with Crippen LogP contribution in [0.3, 0.4) is 0 Å². The number of phenols is 1. The normalized spacial score (nSPS) is 10.9. The summed E-state index contributed by atoms with van der Waals surface area (Å²) in [5.41, 5.74) is 2.12. The highest BCUT2D eigenvalue weighted by molar-refractivity contribution is 6.30. The average molecular weight is 259 g/mol. The van der Waals surface area contributed by atoms with Crippen molar-refractivity contribution in [3.8, 4) is 5.75 Å². The van der Waals surface area contributed by atoms with Gasteiger partial charge in [-0.25, -0.2) is 4.98 Å². The molecule has 0 aliphatic carbocycles. The lowest BCUT2D eigenvalue weighted by molar-refractivity contribution is 0.475. The summed E-state index contributed by atoms with van der Waals surface area (Å²) in [7, 11) is 0. The van der Waals surface area contributed by atoms with Crippen LogP contribution in [-0.4, -0.2) is 14.5 Å². The molecule has 2 aromatic heterocycles. The SMILES string of the molecule is Oc1ccc(Cc2ncc3ccc(Cl)cn23)cc1. The van der Waals surface area contributed by atoms with E-state index in [9.17, 15) is 5.11 Å². The fourth-order valence-corrected chi connectivity index (χ4v) is 2.11. The van der Waals surface area contributed by atoms with Gasteiger partial charge in [-0.2, -0.15) is 0 Å². The monoisotopic (exact) mass is 258 g/mol. The number of imidazole rings is 1. The largest absolute Gasteiger partial charge is 0.508 e. The van der Waals surface area contributed by atoms with Gasteiger partial charge >= 0.3 is 0 Å². The molecule has 0 radical (unpaired) electrons. The average Bonchev–Trinajstić information content (AvgIpc) is 2.75. The summed E-state index contributed by atoms with van der Waals surface area (Å²) in [5.74, 6) is 1.20. The molecule has 0 bridgehead atoms. The van der Waals surface area contributed by atoms with E-state index < -0.39 is 0 Å². The first-order valence-corrected chi connectivity index (χ1v) is 5.99. The molecule has 0 amide bonds. The molecule has 90 valence electrons. The molecule has 2 heterocycles. The predicted octanol–water partition coefficient (Wildman–Crippen LogP) is 3.28. The third-order valence-corrected chi connectivity index (χ3v) is 3.09. The molecule has 0 unspecified atom stereocenters. The van der Waals surface area contributed by atoms with Gasteiger partial charge in [-0.05, 0) is 29.8 Å². The van der Waals surface area contributed by atoms with Crippen LogP contribution in [0.1, 0.15) is 11.4 Å². The lowest BCUT2D eigenvalue weighted by Crippen LogP contribution is -1.96. The second-order valence-corrected chi connectivity index (χ2v) is 4.60. The lowest BCUT2D eigenvalue weighted by atomic mass is 10.1. The summed E-state index contributed by atoms with van der Waals surface area (Å²) in [6, 6.07) is 10.9. The van der Waals surface area contributed by atoms with Gasteiger partial charge in [-0.15, -0.1) is 0 Å². The number of nitrogens with zero attached hydrogens (tertiary/aromatic N) is 2. The second kappa shape index (κ2) is 4.35. The molecule has 3 rings (SSSR count). The second-order valence-electron chi connectivity index (χ2n) is 4.16. The zero-order chi connectivity index (χ0) is 12.5. The minimum Gasteiger partial charge on any atom is -0.508 e. The number of halogens is 1. The summed E-state index contributed by atoms with van der Waals surface area (Å²) in [5, 5.41) is 9.94. The van der Waals surface area contributed by atoms with Gasteiger partial charge < -0.3 is 9.51 Å². The third kappa shape index (κ3) is 2.05. The molecule has 0 atom stereocenters. The summed E-state index contributed by atoms with van der Waals surface area (Å²) < 4.78 is 1.98. The Bertz CT molecular complexity index is 689. The summed E-state index contributed by atoms with van der Waals surface area (Å²) in [6.45, 7) is 0.